The molecule has 0 radical (unpaired) electrons. The highest BCUT2D eigenvalue weighted by Gasteiger charge is 2.31. The van der Waals surface area contributed by atoms with Crippen molar-refractivity contribution in [2.45, 2.75) is 17.7 Å². The summed E-state index contributed by atoms with van der Waals surface area (Å²) < 4.78 is 92.2. The highest BCUT2D eigenvalue weighted by molar-refractivity contribution is 7.89. The van der Waals surface area contributed by atoms with E-state index in [2.05, 4.69) is 10.1 Å². The number of carbonyl (C=O) groups excluding carboxylic acids is 1. The Morgan fingerprint density at radius 2 is 1.75 bits per heavy atom. The van der Waals surface area contributed by atoms with Gasteiger partial charge in [-0.05, 0) is 30.3 Å². The number of hydrogen-bond acceptors (Lipinski definition) is 4. The number of benzene rings is 2. The van der Waals surface area contributed by atoms with Gasteiger partial charge in [-0.3, -0.25) is 4.79 Å². The number of ether oxygens (including phenoxy) is 1. The molecule has 0 atom stereocenters. The average molecular weight is 424 g/mol. The van der Waals surface area contributed by atoms with Crippen LogP contribution < -0.4 is 14.8 Å². The predicted molar refractivity (Wildman–Crippen MR) is 87.9 cm³/mol. The fraction of sp³-hybridized carbons (Fsp3) is 0.188. The normalized spacial score (nSPS) is 11.9. The van der Waals surface area contributed by atoms with Crippen LogP contribution in [0.15, 0.2) is 47.4 Å². The summed E-state index contributed by atoms with van der Waals surface area (Å²) in [6.45, 7) is -0.383. The van der Waals surface area contributed by atoms with Crippen molar-refractivity contribution in [3.8, 4) is 5.75 Å². The predicted octanol–water partition coefficient (Wildman–Crippen LogP) is 3.17. The highest BCUT2D eigenvalue weighted by atomic mass is 32.2. The second-order valence-electron chi connectivity index (χ2n) is 5.35. The molecule has 0 saturated heterocycles. The summed E-state index contributed by atoms with van der Waals surface area (Å²) >= 11 is 0. The van der Waals surface area contributed by atoms with Crippen LogP contribution in [0.25, 0.3) is 0 Å². The number of amides is 1. The molecule has 0 aliphatic rings. The molecule has 0 spiro atoms. The Hall–Kier alpha value is -2.73. The van der Waals surface area contributed by atoms with Crippen molar-refractivity contribution >= 4 is 21.6 Å². The molecule has 0 heterocycles. The van der Waals surface area contributed by atoms with Gasteiger partial charge in [0.15, 0.2) is 11.6 Å². The lowest BCUT2D eigenvalue weighted by Crippen LogP contribution is -2.28. The number of sulfonamides is 1. The number of anilines is 1. The van der Waals surface area contributed by atoms with Gasteiger partial charge in [0.05, 0.1) is 4.90 Å². The Balaban J connectivity index is 1.90. The lowest BCUT2D eigenvalue weighted by Gasteiger charge is -2.11. The molecule has 6 nitrogen and oxygen atoms in total. The van der Waals surface area contributed by atoms with Crippen molar-refractivity contribution in [3.63, 3.8) is 0 Å². The van der Waals surface area contributed by atoms with Crippen molar-refractivity contribution in [2.75, 3.05) is 11.9 Å². The van der Waals surface area contributed by atoms with Crippen LogP contribution in [-0.4, -0.2) is 27.2 Å². The second-order valence-corrected chi connectivity index (χ2v) is 7.11. The number of hydrogen-bond donors (Lipinski definition) is 2. The number of nitrogens with one attached hydrogen (secondary N) is 2. The van der Waals surface area contributed by atoms with Gasteiger partial charge in [-0.2, -0.15) is 0 Å². The lowest BCUT2D eigenvalue weighted by molar-refractivity contribution is -0.274. The molecule has 2 rings (SSSR count). The van der Waals surface area contributed by atoms with Gasteiger partial charge in [-0.1, -0.05) is 6.07 Å². The fourth-order valence-corrected chi connectivity index (χ4v) is 3.06. The van der Waals surface area contributed by atoms with Gasteiger partial charge in [0.2, 0.25) is 15.9 Å². The van der Waals surface area contributed by atoms with Crippen LogP contribution in [-0.2, 0) is 14.8 Å². The fourth-order valence-electron chi connectivity index (χ4n) is 2.02. The van der Waals surface area contributed by atoms with E-state index in [4.69, 9.17) is 0 Å². The Morgan fingerprint density at radius 1 is 1.04 bits per heavy atom. The van der Waals surface area contributed by atoms with Gasteiger partial charge in [-0.25, -0.2) is 21.9 Å². The summed E-state index contributed by atoms with van der Waals surface area (Å²) in [5.41, 5.74) is 0.00946. The second kappa shape index (κ2) is 8.52. The maximum atomic E-state index is 13.1. The molecule has 28 heavy (non-hydrogen) atoms. The van der Waals surface area contributed by atoms with Crippen LogP contribution >= 0.6 is 0 Å². The lowest BCUT2D eigenvalue weighted by atomic mass is 10.3. The summed E-state index contributed by atoms with van der Waals surface area (Å²) in [4.78, 5) is 11.3. The third kappa shape index (κ3) is 6.46. The molecule has 2 aromatic rings. The summed E-state index contributed by atoms with van der Waals surface area (Å²) in [5, 5.41) is 2.28. The first-order valence-corrected chi connectivity index (χ1v) is 9.05. The summed E-state index contributed by atoms with van der Waals surface area (Å²) in [6, 6.07) is 6.51. The maximum absolute atomic E-state index is 13.1. The Kier molecular flexibility index (Phi) is 6.56. The molecule has 2 aromatic carbocycles. The average Bonchev–Trinajstić information content (AvgIpc) is 2.55. The first-order valence-electron chi connectivity index (χ1n) is 7.57. The largest absolute Gasteiger partial charge is 0.573 e. The van der Waals surface area contributed by atoms with Crippen LogP contribution in [0.5, 0.6) is 5.75 Å². The number of halogens is 5. The van der Waals surface area contributed by atoms with E-state index in [1.54, 1.807) is 0 Å². The minimum Gasteiger partial charge on any atom is -0.406 e. The van der Waals surface area contributed by atoms with Crippen molar-refractivity contribution in [2.24, 2.45) is 0 Å². The Bertz CT molecular complexity index is 964. The van der Waals surface area contributed by atoms with E-state index in [-0.39, 0.29) is 18.7 Å². The maximum Gasteiger partial charge on any atom is 0.573 e. The van der Waals surface area contributed by atoms with Crippen molar-refractivity contribution in [3.05, 3.63) is 54.1 Å². The molecule has 0 bridgehead atoms. The molecule has 1 amide bonds. The summed E-state index contributed by atoms with van der Waals surface area (Å²) in [6.07, 6.45) is -5.26. The number of rotatable bonds is 7. The molecule has 152 valence electrons. The van der Waals surface area contributed by atoms with E-state index in [9.17, 15) is 35.2 Å². The van der Waals surface area contributed by atoms with Gasteiger partial charge in [0.1, 0.15) is 5.75 Å². The van der Waals surface area contributed by atoms with Crippen molar-refractivity contribution in [1.82, 2.24) is 4.72 Å². The van der Waals surface area contributed by atoms with Gasteiger partial charge in [0, 0.05) is 24.7 Å². The number of carbonyl (C=O) groups is 1. The molecule has 0 aromatic heterocycles. The van der Waals surface area contributed by atoms with E-state index in [0.717, 1.165) is 18.2 Å². The smallest absolute Gasteiger partial charge is 0.406 e. The van der Waals surface area contributed by atoms with Crippen LogP contribution in [0, 0.1) is 11.6 Å². The van der Waals surface area contributed by atoms with Crippen molar-refractivity contribution < 1.29 is 39.9 Å². The van der Waals surface area contributed by atoms with E-state index >= 15 is 0 Å². The minimum atomic E-state index is -4.89. The standard InChI is InChI=1S/C16H13F5N2O4S/c17-13-5-4-12(9-14(13)18)28(25,26)22-7-6-15(24)23-10-2-1-3-11(8-10)27-16(19,20)21/h1-5,8-9,22H,6-7H2,(H,23,24). The molecule has 0 saturated carbocycles. The van der Waals surface area contributed by atoms with E-state index in [0.29, 0.717) is 12.1 Å². The van der Waals surface area contributed by atoms with E-state index < -0.39 is 44.6 Å². The molecule has 0 unspecified atom stereocenters. The minimum absolute atomic E-state index is 0.00946. The monoisotopic (exact) mass is 424 g/mol. The molecule has 2 N–H and O–H groups in total. The molecule has 0 aliphatic carbocycles. The zero-order valence-corrected chi connectivity index (χ0v) is 14.7. The summed E-state index contributed by atoms with van der Waals surface area (Å²) in [5.74, 6) is -3.79. The molecular formula is C16H13F5N2O4S. The first kappa shape index (κ1) is 21.6. The zero-order chi connectivity index (χ0) is 20.9. The zero-order valence-electron chi connectivity index (χ0n) is 13.9. The topological polar surface area (TPSA) is 84.5 Å². The van der Waals surface area contributed by atoms with Crippen LogP contribution in [0.4, 0.5) is 27.6 Å². The highest BCUT2D eigenvalue weighted by Crippen LogP contribution is 2.25. The van der Waals surface area contributed by atoms with Gasteiger partial charge in [-0.15, -0.1) is 13.2 Å². The first-order chi connectivity index (χ1) is 13.0. The molecule has 12 heteroatoms. The number of alkyl halides is 3. The Labute approximate surface area is 156 Å². The molecule has 0 fully saturated rings. The van der Waals surface area contributed by atoms with E-state index in [1.165, 1.54) is 12.1 Å². The van der Waals surface area contributed by atoms with Gasteiger partial charge in [0.25, 0.3) is 0 Å². The van der Waals surface area contributed by atoms with Crippen LogP contribution in [0.3, 0.4) is 0 Å². The molecule has 0 aliphatic heterocycles. The SMILES string of the molecule is O=C(CCNS(=O)(=O)c1ccc(F)c(F)c1)Nc1cccc(OC(F)(F)F)c1. The van der Waals surface area contributed by atoms with Crippen LogP contribution in [0.2, 0.25) is 0 Å². The molecular weight excluding hydrogens is 411 g/mol. The van der Waals surface area contributed by atoms with Crippen LogP contribution in [0.1, 0.15) is 6.42 Å². The van der Waals surface area contributed by atoms with E-state index in [1.807, 2.05) is 4.72 Å². The quantitative estimate of drug-likeness (QED) is 0.669. The third-order valence-corrected chi connectivity index (χ3v) is 4.66. The van der Waals surface area contributed by atoms with Crippen molar-refractivity contribution in [1.29, 1.82) is 0 Å². The van der Waals surface area contributed by atoms with Gasteiger partial charge < -0.3 is 10.1 Å². The van der Waals surface area contributed by atoms with Gasteiger partial charge >= 0.3 is 6.36 Å². The summed E-state index contributed by atoms with van der Waals surface area (Å²) in [7, 11) is -4.18. The third-order valence-electron chi connectivity index (χ3n) is 3.20. The Morgan fingerprint density at radius 3 is 2.39 bits per heavy atom.